The molecule has 2 aromatic rings. The number of para-hydroxylation sites is 1. The number of amides is 1. The van der Waals surface area contributed by atoms with Gasteiger partial charge >= 0.3 is 0 Å². The molecule has 2 aromatic carbocycles. The second-order valence-electron chi connectivity index (χ2n) is 6.84. The molecule has 4 atom stereocenters. The number of carbonyl (C=O) groups excluding carboxylic acids is 2. The van der Waals surface area contributed by atoms with Crippen molar-refractivity contribution in [2.45, 2.75) is 30.9 Å². The zero-order valence-corrected chi connectivity index (χ0v) is 14.5. The van der Waals surface area contributed by atoms with Gasteiger partial charge in [-0.1, -0.05) is 48.9 Å². The summed E-state index contributed by atoms with van der Waals surface area (Å²) in [5, 5.41) is 11.7. The van der Waals surface area contributed by atoms with Gasteiger partial charge in [-0.3, -0.25) is 14.5 Å². The number of ketones is 1. The van der Waals surface area contributed by atoms with Gasteiger partial charge in [-0.25, -0.2) is 0 Å². The Morgan fingerprint density at radius 1 is 1.08 bits per heavy atom. The zero-order chi connectivity index (χ0) is 17.8. The number of fused-ring (bicyclic) bond motifs is 2. The standard InChI is InChI=1S/C20H18ClNO3/c1-12-16(13-7-9-14(21)10-8-13)11-17-18(23)20(12,25)19(24)22(17)15-5-3-2-4-6-15/h2-10,12,16-17,25H,11H2,1H3/t12-,16-,17+,20-/m1/s1. The second kappa shape index (κ2) is 5.68. The van der Waals surface area contributed by atoms with Crippen LogP contribution in [0.1, 0.15) is 24.8 Å². The normalized spacial score (nSPS) is 31.5. The molecule has 2 bridgehead atoms. The maximum atomic E-state index is 13.0. The Balaban J connectivity index is 1.78. The number of hydrogen-bond acceptors (Lipinski definition) is 3. The number of aliphatic hydroxyl groups is 1. The molecule has 0 spiro atoms. The number of rotatable bonds is 2. The van der Waals surface area contributed by atoms with E-state index in [0.717, 1.165) is 5.56 Å². The molecule has 4 rings (SSSR count). The Morgan fingerprint density at radius 2 is 1.72 bits per heavy atom. The Kier molecular flexibility index (Phi) is 3.71. The van der Waals surface area contributed by atoms with Gasteiger partial charge in [-0.15, -0.1) is 0 Å². The highest BCUT2D eigenvalue weighted by Gasteiger charge is 2.66. The second-order valence-corrected chi connectivity index (χ2v) is 7.28. The quantitative estimate of drug-likeness (QED) is 0.842. The fraction of sp³-hybridized carbons (Fsp3) is 0.300. The third-order valence-corrected chi connectivity index (χ3v) is 5.86. The van der Waals surface area contributed by atoms with E-state index in [4.69, 9.17) is 11.6 Å². The topological polar surface area (TPSA) is 57.6 Å². The van der Waals surface area contributed by atoms with Gasteiger partial charge in [0.1, 0.15) is 0 Å². The van der Waals surface area contributed by atoms with Crippen LogP contribution >= 0.6 is 11.6 Å². The van der Waals surface area contributed by atoms with Crippen LogP contribution in [0.15, 0.2) is 54.6 Å². The predicted molar refractivity (Wildman–Crippen MR) is 95.6 cm³/mol. The molecular weight excluding hydrogens is 338 g/mol. The molecule has 0 unspecified atom stereocenters. The number of nitrogens with zero attached hydrogens (tertiary/aromatic N) is 1. The van der Waals surface area contributed by atoms with Gasteiger partial charge < -0.3 is 5.11 Å². The van der Waals surface area contributed by atoms with Crippen molar-refractivity contribution in [2.24, 2.45) is 5.92 Å². The number of halogens is 1. The largest absolute Gasteiger partial charge is 0.373 e. The van der Waals surface area contributed by atoms with Crippen LogP contribution in [0.5, 0.6) is 0 Å². The Bertz CT molecular complexity index is 836. The SMILES string of the molecule is C[C@@H]1[C@H](c2ccc(Cl)cc2)C[C@H]2C(=O)[C@@]1(O)C(=O)N2c1ccccc1. The molecule has 0 aromatic heterocycles. The predicted octanol–water partition coefficient (Wildman–Crippen LogP) is 3.18. The van der Waals surface area contributed by atoms with Gasteiger partial charge in [-0.2, -0.15) is 0 Å². The number of benzene rings is 2. The molecule has 1 aliphatic carbocycles. The summed E-state index contributed by atoms with van der Waals surface area (Å²) in [6.07, 6.45) is 0.491. The van der Waals surface area contributed by atoms with E-state index in [1.807, 2.05) is 30.3 Å². The van der Waals surface area contributed by atoms with Crippen LogP contribution in [-0.2, 0) is 9.59 Å². The lowest BCUT2D eigenvalue weighted by Gasteiger charge is -2.37. The number of anilines is 1. The van der Waals surface area contributed by atoms with Gasteiger partial charge in [0.05, 0.1) is 6.04 Å². The smallest absolute Gasteiger partial charge is 0.267 e. The van der Waals surface area contributed by atoms with Gasteiger partial charge in [-0.05, 0) is 42.2 Å². The van der Waals surface area contributed by atoms with Crippen LogP contribution in [0.3, 0.4) is 0 Å². The van der Waals surface area contributed by atoms with E-state index < -0.39 is 23.5 Å². The van der Waals surface area contributed by atoms with Crippen LogP contribution in [0.4, 0.5) is 5.69 Å². The maximum Gasteiger partial charge on any atom is 0.267 e. The molecule has 1 saturated heterocycles. The molecule has 4 nitrogen and oxygen atoms in total. The summed E-state index contributed by atoms with van der Waals surface area (Å²) in [6, 6.07) is 15.8. The molecule has 1 amide bonds. The first-order valence-electron chi connectivity index (χ1n) is 8.35. The molecule has 128 valence electrons. The molecule has 1 N–H and O–H groups in total. The van der Waals surface area contributed by atoms with Gasteiger partial charge in [0, 0.05) is 16.6 Å². The highest BCUT2D eigenvalue weighted by molar-refractivity contribution is 6.30. The highest BCUT2D eigenvalue weighted by atomic mass is 35.5. The average molecular weight is 356 g/mol. The number of hydrogen-bond donors (Lipinski definition) is 1. The van der Waals surface area contributed by atoms with Crippen molar-refractivity contribution in [3.8, 4) is 0 Å². The lowest BCUT2D eigenvalue weighted by Crippen LogP contribution is -2.53. The van der Waals surface area contributed by atoms with Crippen LogP contribution in [0, 0.1) is 5.92 Å². The van der Waals surface area contributed by atoms with Crippen molar-refractivity contribution in [3.63, 3.8) is 0 Å². The van der Waals surface area contributed by atoms with Crippen molar-refractivity contribution >= 4 is 29.0 Å². The molecule has 2 aliphatic rings. The summed E-state index contributed by atoms with van der Waals surface area (Å²) in [5.41, 5.74) is -0.343. The first kappa shape index (κ1) is 16.3. The van der Waals surface area contributed by atoms with Gasteiger partial charge in [0.15, 0.2) is 5.78 Å². The molecule has 1 aliphatic heterocycles. The van der Waals surface area contributed by atoms with Crippen LogP contribution in [0.2, 0.25) is 5.02 Å². The summed E-state index contributed by atoms with van der Waals surface area (Å²) in [7, 11) is 0. The summed E-state index contributed by atoms with van der Waals surface area (Å²) in [5.74, 6) is -1.50. The first-order valence-corrected chi connectivity index (χ1v) is 8.73. The van der Waals surface area contributed by atoms with Crippen LogP contribution in [0.25, 0.3) is 0 Å². The van der Waals surface area contributed by atoms with E-state index in [0.29, 0.717) is 17.1 Å². The summed E-state index contributed by atoms with van der Waals surface area (Å²) < 4.78 is 0. The summed E-state index contributed by atoms with van der Waals surface area (Å²) in [4.78, 5) is 27.3. The maximum absolute atomic E-state index is 13.0. The van der Waals surface area contributed by atoms with E-state index in [2.05, 4.69) is 0 Å². The minimum atomic E-state index is -1.97. The molecule has 25 heavy (non-hydrogen) atoms. The van der Waals surface area contributed by atoms with Crippen molar-refractivity contribution < 1.29 is 14.7 Å². The lowest BCUT2D eigenvalue weighted by molar-refractivity contribution is -0.153. The van der Waals surface area contributed by atoms with E-state index in [1.54, 1.807) is 31.2 Å². The van der Waals surface area contributed by atoms with E-state index >= 15 is 0 Å². The number of Topliss-reactive ketones (excluding diaryl/α,β-unsaturated/α-hetero) is 1. The van der Waals surface area contributed by atoms with Crippen LogP contribution < -0.4 is 4.90 Å². The van der Waals surface area contributed by atoms with Crippen molar-refractivity contribution in [1.29, 1.82) is 0 Å². The minimum absolute atomic E-state index is 0.0948. The summed E-state index contributed by atoms with van der Waals surface area (Å²) >= 11 is 5.97. The number of carbonyl (C=O) groups is 2. The molecule has 1 saturated carbocycles. The monoisotopic (exact) mass is 355 g/mol. The molecule has 0 radical (unpaired) electrons. The Morgan fingerprint density at radius 3 is 2.36 bits per heavy atom. The van der Waals surface area contributed by atoms with E-state index in [-0.39, 0.29) is 11.7 Å². The Hall–Kier alpha value is -2.17. The molecule has 1 heterocycles. The summed E-state index contributed by atoms with van der Waals surface area (Å²) in [6.45, 7) is 1.78. The van der Waals surface area contributed by atoms with Crippen molar-refractivity contribution in [2.75, 3.05) is 4.90 Å². The van der Waals surface area contributed by atoms with E-state index in [1.165, 1.54) is 4.90 Å². The Labute approximate surface area is 151 Å². The first-order chi connectivity index (χ1) is 11.9. The van der Waals surface area contributed by atoms with Crippen LogP contribution in [-0.4, -0.2) is 28.4 Å². The molecule has 5 heteroatoms. The van der Waals surface area contributed by atoms with Crippen molar-refractivity contribution in [3.05, 3.63) is 65.2 Å². The zero-order valence-electron chi connectivity index (χ0n) is 13.7. The highest BCUT2D eigenvalue weighted by Crippen LogP contribution is 2.49. The lowest BCUT2D eigenvalue weighted by atomic mass is 9.67. The third-order valence-electron chi connectivity index (χ3n) is 5.61. The van der Waals surface area contributed by atoms with Crippen molar-refractivity contribution in [1.82, 2.24) is 0 Å². The third kappa shape index (κ3) is 2.25. The van der Waals surface area contributed by atoms with Gasteiger partial charge in [0.2, 0.25) is 5.60 Å². The fourth-order valence-corrected chi connectivity index (χ4v) is 4.32. The molecule has 2 fully saturated rings. The van der Waals surface area contributed by atoms with E-state index in [9.17, 15) is 14.7 Å². The molecular formula is C20H18ClNO3. The minimum Gasteiger partial charge on any atom is -0.373 e. The fourth-order valence-electron chi connectivity index (χ4n) is 4.19. The average Bonchev–Trinajstić information content (AvgIpc) is 2.76. The van der Waals surface area contributed by atoms with Gasteiger partial charge in [0.25, 0.3) is 5.91 Å².